The summed E-state index contributed by atoms with van der Waals surface area (Å²) in [5.74, 6) is -0.295. The Bertz CT molecular complexity index is 765. The van der Waals surface area contributed by atoms with E-state index in [4.69, 9.17) is 9.47 Å². The third-order valence-corrected chi connectivity index (χ3v) is 3.71. The standard InChI is InChI=1S/C14H12N2O4S/c1-19-10-2-3-12(11(6-10)13(17)18)20-8-9-7-16-4-5-21-14(16)15-9/h2-7H,8H2,1H3,(H,17,18). The lowest BCUT2D eigenvalue weighted by atomic mass is 10.2. The number of rotatable bonds is 5. The third kappa shape index (κ3) is 2.68. The topological polar surface area (TPSA) is 73.1 Å². The predicted molar refractivity (Wildman–Crippen MR) is 77.4 cm³/mol. The van der Waals surface area contributed by atoms with Gasteiger partial charge in [0.25, 0.3) is 0 Å². The van der Waals surface area contributed by atoms with Gasteiger partial charge in [-0.25, -0.2) is 9.78 Å². The number of imidazole rings is 1. The first-order valence-corrected chi connectivity index (χ1v) is 7.00. The second kappa shape index (κ2) is 5.45. The van der Waals surface area contributed by atoms with Gasteiger partial charge in [-0.2, -0.15) is 0 Å². The molecule has 0 amide bonds. The van der Waals surface area contributed by atoms with E-state index in [1.165, 1.54) is 24.5 Å². The second-order valence-electron chi connectivity index (χ2n) is 4.28. The summed E-state index contributed by atoms with van der Waals surface area (Å²) in [4.78, 5) is 16.5. The Kier molecular flexibility index (Phi) is 3.49. The van der Waals surface area contributed by atoms with Crippen LogP contribution in [0.4, 0.5) is 0 Å². The molecule has 6 nitrogen and oxygen atoms in total. The van der Waals surface area contributed by atoms with Gasteiger partial charge < -0.3 is 14.6 Å². The Balaban J connectivity index is 1.80. The molecular formula is C14H12N2O4S. The minimum Gasteiger partial charge on any atom is -0.497 e. The van der Waals surface area contributed by atoms with Gasteiger partial charge in [0.1, 0.15) is 23.7 Å². The van der Waals surface area contributed by atoms with E-state index < -0.39 is 5.97 Å². The molecule has 0 saturated heterocycles. The molecule has 1 aromatic carbocycles. The van der Waals surface area contributed by atoms with Gasteiger partial charge in [-0.3, -0.25) is 4.40 Å². The van der Waals surface area contributed by atoms with Crippen molar-refractivity contribution in [2.75, 3.05) is 7.11 Å². The molecule has 2 heterocycles. The minimum atomic E-state index is -1.06. The number of thiazole rings is 1. The molecule has 0 spiro atoms. The van der Waals surface area contributed by atoms with Crippen LogP contribution in [0.15, 0.2) is 36.0 Å². The minimum absolute atomic E-state index is 0.0652. The highest BCUT2D eigenvalue weighted by atomic mass is 32.1. The molecule has 0 fully saturated rings. The fourth-order valence-electron chi connectivity index (χ4n) is 1.93. The van der Waals surface area contributed by atoms with Gasteiger partial charge in [0, 0.05) is 17.8 Å². The average Bonchev–Trinajstić information content (AvgIpc) is 3.05. The molecule has 0 aliphatic rings. The van der Waals surface area contributed by atoms with E-state index >= 15 is 0 Å². The van der Waals surface area contributed by atoms with Crippen molar-refractivity contribution in [2.45, 2.75) is 6.61 Å². The molecule has 0 radical (unpaired) electrons. The summed E-state index contributed by atoms with van der Waals surface area (Å²) in [5.41, 5.74) is 0.810. The summed E-state index contributed by atoms with van der Waals surface area (Å²) in [6.07, 6.45) is 3.77. The monoisotopic (exact) mass is 304 g/mol. The number of hydrogen-bond acceptors (Lipinski definition) is 5. The van der Waals surface area contributed by atoms with E-state index in [0.717, 1.165) is 10.7 Å². The molecule has 3 aromatic rings. The van der Waals surface area contributed by atoms with Crippen molar-refractivity contribution in [3.63, 3.8) is 0 Å². The van der Waals surface area contributed by atoms with E-state index in [0.29, 0.717) is 11.5 Å². The van der Waals surface area contributed by atoms with E-state index in [1.54, 1.807) is 12.1 Å². The molecule has 0 unspecified atom stereocenters. The fourth-order valence-corrected chi connectivity index (χ4v) is 2.65. The summed E-state index contributed by atoms with van der Waals surface area (Å²) in [5, 5.41) is 11.2. The predicted octanol–water partition coefficient (Wildman–Crippen LogP) is 2.68. The zero-order chi connectivity index (χ0) is 14.8. The molecule has 0 aliphatic carbocycles. The number of aromatic carboxylic acids is 1. The van der Waals surface area contributed by atoms with E-state index in [1.807, 2.05) is 22.2 Å². The van der Waals surface area contributed by atoms with Crippen LogP contribution in [-0.2, 0) is 6.61 Å². The van der Waals surface area contributed by atoms with Gasteiger partial charge in [0.15, 0.2) is 4.96 Å². The van der Waals surface area contributed by atoms with Gasteiger partial charge in [-0.1, -0.05) is 0 Å². The van der Waals surface area contributed by atoms with E-state index in [2.05, 4.69) is 4.98 Å². The molecule has 1 N–H and O–H groups in total. The maximum absolute atomic E-state index is 11.2. The zero-order valence-electron chi connectivity index (χ0n) is 11.1. The highest BCUT2D eigenvalue weighted by Gasteiger charge is 2.13. The first-order valence-electron chi connectivity index (χ1n) is 6.12. The molecule has 0 bridgehead atoms. The number of benzene rings is 1. The average molecular weight is 304 g/mol. The Morgan fingerprint density at radius 1 is 1.48 bits per heavy atom. The summed E-state index contributed by atoms with van der Waals surface area (Å²) >= 11 is 1.53. The van der Waals surface area contributed by atoms with Crippen molar-refractivity contribution in [1.29, 1.82) is 0 Å². The summed E-state index contributed by atoms with van der Waals surface area (Å²) in [7, 11) is 1.49. The highest BCUT2D eigenvalue weighted by molar-refractivity contribution is 7.15. The normalized spacial score (nSPS) is 10.7. The number of carboxylic acid groups (broad SMARTS) is 1. The Labute approximate surface area is 124 Å². The molecule has 0 atom stereocenters. The number of nitrogens with zero attached hydrogens (tertiary/aromatic N) is 2. The number of ether oxygens (including phenoxy) is 2. The van der Waals surface area contributed by atoms with Crippen LogP contribution in [0.25, 0.3) is 4.96 Å². The highest BCUT2D eigenvalue weighted by Crippen LogP contribution is 2.25. The van der Waals surface area contributed by atoms with E-state index in [-0.39, 0.29) is 12.2 Å². The number of fused-ring (bicyclic) bond motifs is 1. The van der Waals surface area contributed by atoms with Crippen molar-refractivity contribution < 1.29 is 19.4 Å². The molecule has 0 aliphatic heterocycles. The Morgan fingerprint density at radius 2 is 2.33 bits per heavy atom. The van der Waals surface area contributed by atoms with Crippen LogP contribution in [0, 0.1) is 0 Å². The lowest BCUT2D eigenvalue weighted by Crippen LogP contribution is -2.04. The lowest BCUT2D eigenvalue weighted by Gasteiger charge is -2.09. The second-order valence-corrected chi connectivity index (χ2v) is 5.15. The van der Waals surface area contributed by atoms with Crippen LogP contribution < -0.4 is 9.47 Å². The van der Waals surface area contributed by atoms with Gasteiger partial charge in [-0.15, -0.1) is 11.3 Å². The third-order valence-electron chi connectivity index (χ3n) is 2.94. The molecule has 2 aromatic heterocycles. The molecule has 0 saturated carbocycles. The Morgan fingerprint density at radius 3 is 3.05 bits per heavy atom. The zero-order valence-corrected chi connectivity index (χ0v) is 12.0. The number of carboxylic acids is 1. The number of aromatic nitrogens is 2. The van der Waals surface area contributed by atoms with Gasteiger partial charge in [0.05, 0.1) is 12.8 Å². The number of methoxy groups -OCH3 is 1. The maximum Gasteiger partial charge on any atom is 0.339 e. The molecule has 108 valence electrons. The molecule has 7 heteroatoms. The lowest BCUT2D eigenvalue weighted by molar-refractivity contribution is 0.0691. The van der Waals surface area contributed by atoms with Crippen molar-refractivity contribution in [3.8, 4) is 11.5 Å². The van der Waals surface area contributed by atoms with Crippen LogP contribution in [-0.4, -0.2) is 27.6 Å². The molecular weight excluding hydrogens is 292 g/mol. The van der Waals surface area contributed by atoms with Crippen LogP contribution in [0.3, 0.4) is 0 Å². The van der Waals surface area contributed by atoms with Crippen molar-refractivity contribution in [3.05, 3.63) is 47.2 Å². The van der Waals surface area contributed by atoms with Crippen LogP contribution in [0.2, 0.25) is 0 Å². The number of carbonyl (C=O) groups is 1. The first-order chi connectivity index (χ1) is 10.2. The summed E-state index contributed by atoms with van der Waals surface area (Å²) in [6, 6.07) is 4.68. The van der Waals surface area contributed by atoms with Crippen molar-refractivity contribution in [2.24, 2.45) is 0 Å². The Hall–Kier alpha value is -2.54. The van der Waals surface area contributed by atoms with E-state index in [9.17, 15) is 9.90 Å². The molecule has 3 rings (SSSR count). The van der Waals surface area contributed by atoms with Crippen molar-refractivity contribution >= 4 is 22.3 Å². The molecule has 21 heavy (non-hydrogen) atoms. The van der Waals surface area contributed by atoms with Gasteiger partial charge >= 0.3 is 5.97 Å². The van der Waals surface area contributed by atoms with Gasteiger partial charge in [0.2, 0.25) is 0 Å². The van der Waals surface area contributed by atoms with Crippen LogP contribution in [0.5, 0.6) is 11.5 Å². The fraction of sp³-hybridized carbons (Fsp3) is 0.143. The van der Waals surface area contributed by atoms with Crippen LogP contribution >= 0.6 is 11.3 Å². The van der Waals surface area contributed by atoms with Gasteiger partial charge in [-0.05, 0) is 18.2 Å². The maximum atomic E-state index is 11.2. The van der Waals surface area contributed by atoms with Crippen molar-refractivity contribution in [1.82, 2.24) is 9.38 Å². The quantitative estimate of drug-likeness (QED) is 0.784. The SMILES string of the molecule is COc1ccc(OCc2cn3ccsc3n2)c(C(=O)O)c1. The summed E-state index contributed by atoms with van der Waals surface area (Å²) in [6.45, 7) is 0.209. The summed E-state index contributed by atoms with van der Waals surface area (Å²) < 4.78 is 12.5. The van der Waals surface area contributed by atoms with Crippen LogP contribution in [0.1, 0.15) is 16.1 Å². The largest absolute Gasteiger partial charge is 0.497 e. The first kappa shape index (κ1) is 13.4. The smallest absolute Gasteiger partial charge is 0.339 e. The number of hydrogen-bond donors (Lipinski definition) is 1.